The van der Waals surface area contributed by atoms with E-state index < -0.39 is 32.5 Å². The Balaban J connectivity index is 1.95. The summed E-state index contributed by atoms with van der Waals surface area (Å²) in [6.45, 7) is -0.399. The molecule has 0 aliphatic heterocycles. The molecule has 0 saturated heterocycles. The zero-order valence-corrected chi connectivity index (χ0v) is 16.5. The van der Waals surface area contributed by atoms with Crippen molar-refractivity contribution in [2.75, 3.05) is 6.54 Å². The second-order valence-corrected chi connectivity index (χ2v) is 8.25. The number of nitrogens with one attached hydrogen (secondary N) is 1. The molecule has 152 valence electrons. The van der Waals surface area contributed by atoms with Gasteiger partial charge in [-0.05, 0) is 34.9 Å². The first kappa shape index (κ1) is 19.8. The highest BCUT2D eigenvalue weighted by atomic mass is 32.3. The van der Waals surface area contributed by atoms with Crippen molar-refractivity contribution in [3.05, 3.63) is 100 Å². The van der Waals surface area contributed by atoms with Gasteiger partial charge in [-0.25, -0.2) is 0 Å². The van der Waals surface area contributed by atoms with E-state index in [1.165, 1.54) is 12.1 Å². The summed E-state index contributed by atoms with van der Waals surface area (Å²) in [5.74, 6) is -0.664. The molecule has 0 aliphatic rings. The fraction of sp³-hybridized carbons (Fsp3) is 0.0909. The van der Waals surface area contributed by atoms with Crippen molar-refractivity contribution in [3.8, 4) is 11.3 Å². The van der Waals surface area contributed by atoms with Crippen molar-refractivity contribution >= 4 is 21.1 Å². The average molecular weight is 424 g/mol. The van der Waals surface area contributed by atoms with Crippen molar-refractivity contribution in [2.45, 2.75) is 10.8 Å². The van der Waals surface area contributed by atoms with Crippen molar-refractivity contribution in [1.82, 2.24) is 4.98 Å². The lowest BCUT2D eigenvalue weighted by Gasteiger charge is -2.16. The van der Waals surface area contributed by atoms with E-state index in [-0.39, 0.29) is 0 Å². The molecule has 30 heavy (non-hydrogen) atoms. The minimum Gasteiger partial charge on any atom is -0.354 e. The van der Waals surface area contributed by atoms with Gasteiger partial charge in [-0.3, -0.25) is 10.1 Å². The van der Waals surface area contributed by atoms with Gasteiger partial charge in [0.2, 0.25) is 6.54 Å². The van der Waals surface area contributed by atoms with Crippen LogP contribution in [0.4, 0.5) is 3.89 Å². The van der Waals surface area contributed by atoms with Gasteiger partial charge in [0.1, 0.15) is 0 Å². The van der Waals surface area contributed by atoms with Crippen LogP contribution in [-0.2, 0) is 10.2 Å². The molecule has 4 rings (SSSR count). The number of hydrogen-bond acceptors (Lipinski definition) is 4. The van der Waals surface area contributed by atoms with E-state index >= 15 is 0 Å². The van der Waals surface area contributed by atoms with Crippen LogP contribution < -0.4 is 0 Å². The van der Waals surface area contributed by atoms with E-state index in [0.717, 1.165) is 39.9 Å². The largest absolute Gasteiger partial charge is 0.354 e. The van der Waals surface area contributed by atoms with Gasteiger partial charge in [0, 0.05) is 15.8 Å². The molecule has 8 heteroatoms. The molecule has 3 aromatic carbocycles. The normalized spacial score (nSPS) is 12.7. The number of hydrogen-bond donors (Lipinski definition) is 1. The Morgan fingerprint density at radius 1 is 0.933 bits per heavy atom. The number of benzene rings is 3. The van der Waals surface area contributed by atoms with Crippen LogP contribution in [0.5, 0.6) is 0 Å². The summed E-state index contributed by atoms with van der Waals surface area (Å²) in [7, 11) is -4.85. The first-order chi connectivity index (χ1) is 14.3. The first-order valence-electron chi connectivity index (χ1n) is 9.17. The molecule has 6 nitrogen and oxygen atoms in total. The number of aromatic nitrogens is 1. The Hall–Kier alpha value is -3.52. The molecule has 0 fully saturated rings. The molecule has 0 spiro atoms. The first-order valence-corrected chi connectivity index (χ1v) is 10.6. The van der Waals surface area contributed by atoms with Crippen LogP contribution in [0.25, 0.3) is 22.2 Å². The minimum atomic E-state index is -4.85. The zero-order chi connectivity index (χ0) is 21.3. The second kappa shape index (κ2) is 7.72. The lowest BCUT2D eigenvalue weighted by atomic mass is 9.87. The van der Waals surface area contributed by atoms with Crippen LogP contribution in [0.15, 0.2) is 83.8 Å². The highest BCUT2D eigenvalue weighted by Crippen LogP contribution is 2.39. The van der Waals surface area contributed by atoms with E-state index in [9.17, 15) is 22.4 Å². The van der Waals surface area contributed by atoms with Gasteiger partial charge >= 0.3 is 10.2 Å². The van der Waals surface area contributed by atoms with Crippen molar-refractivity contribution in [3.63, 3.8) is 0 Å². The Labute approximate surface area is 172 Å². The highest BCUT2D eigenvalue weighted by Gasteiger charge is 2.28. The monoisotopic (exact) mass is 424 g/mol. The Morgan fingerprint density at radius 3 is 2.20 bits per heavy atom. The van der Waals surface area contributed by atoms with Gasteiger partial charge in [-0.2, -0.15) is 8.42 Å². The zero-order valence-electron chi connectivity index (χ0n) is 15.7. The van der Waals surface area contributed by atoms with E-state index in [1.807, 2.05) is 54.6 Å². The number of rotatable bonds is 6. The quantitative estimate of drug-likeness (QED) is 0.271. The van der Waals surface area contributed by atoms with Crippen LogP contribution in [-0.4, -0.2) is 24.9 Å². The van der Waals surface area contributed by atoms with Crippen LogP contribution in [0.1, 0.15) is 17.0 Å². The molecule has 1 unspecified atom stereocenters. The number of aromatic amines is 1. The summed E-state index contributed by atoms with van der Waals surface area (Å²) in [6.07, 6.45) is 0. The number of nitrogens with zero attached hydrogens (tertiary/aromatic N) is 1. The molecule has 0 amide bonds. The van der Waals surface area contributed by atoms with Gasteiger partial charge < -0.3 is 4.98 Å². The van der Waals surface area contributed by atoms with Crippen molar-refractivity contribution in [2.24, 2.45) is 0 Å². The van der Waals surface area contributed by atoms with E-state index in [1.54, 1.807) is 0 Å². The molecule has 0 saturated carbocycles. The van der Waals surface area contributed by atoms with Crippen LogP contribution in [0, 0.1) is 10.1 Å². The highest BCUT2D eigenvalue weighted by molar-refractivity contribution is 7.86. The predicted molar refractivity (Wildman–Crippen MR) is 112 cm³/mol. The lowest BCUT2D eigenvalue weighted by Crippen LogP contribution is -2.14. The topological polar surface area (TPSA) is 93.1 Å². The van der Waals surface area contributed by atoms with Gasteiger partial charge in [-0.15, -0.1) is 3.89 Å². The smallest absolute Gasteiger partial charge is 0.332 e. The van der Waals surface area contributed by atoms with Gasteiger partial charge in [0.25, 0.3) is 0 Å². The molecular weight excluding hydrogens is 407 g/mol. The number of halogens is 1. The van der Waals surface area contributed by atoms with E-state index in [2.05, 4.69) is 4.98 Å². The fourth-order valence-electron chi connectivity index (χ4n) is 3.73. The van der Waals surface area contributed by atoms with E-state index in [4.69, 9.17) is 0 Å². The minimum absolute atomic E-state index is 0.399. The summed E-state index contributed by atoms with van der Waals surface area (Å²) < 4.78 is 35.6. The summed E-state index contributed by atoms with van der Waals surface area (Å²) in [4.78, 5) is 14.0. The third-order valence-corrected chi connectivity index (χ3v) is 5.89. The summed E-state index contributed by atoms with van der Waals surface area (Å²) in [5, 5.41) is 12.4. The molecular formula is C22H17FN2O4S. The van der Waals surface area contributed by atoms with Crippen LogP contribution in [0.2, 0.25) is 0 Å². The average Bonchev–Trinajstić information content (AvgIpc) is 3.11. The lowest BCUT2D eigenvalue weighted by molar-refractivity contribution is -0.481. The fourth-order valence-corrected chi connectivity index (χ4v) is 4.19. The molecule has 1 aromatic heterocycles. The summed E-state index contributed by atoms with van der Waals surface area (Å²) in [5.41, 5.74) is 3.74. The third-order valence-electron chi connectivity index (χ3n) is 5.05. The van der Waals surface area contributed by atoms with Gasteiger partial charge in [-0.1, -0.05) is 60.7 Å². The maximum Gasteiger partial charge on any atom is 0.332 e. The molecule has 0 bridgehead atoms. The number of para-hydroxylation sites is 1. The molecule has 1 atom stereocenters. The van der Waals surface area contributed by atoms with Crippen LogP contribution in [0.3, 0.4) is 0 Å². The summed E-state index contributed by atoms with van der Waals surface area (Å²) in [6, 6.07) is 22.1. The number of nitro groups is 1. The molecule has 4 aromatic rings. The maximum absolute atomic E-state index is 13.3. The summed E-state index contributed by atoms with van der Waals surface area (Å²) >= 11 is 0. The predicted octanol–water partition coefficient (Wildman–Crippen LogP) is 4.90. The third kappa shape index (κ3) is 3.81. The molecule has 1 N–H and O–H groups in total. The second-order valence-electron chi connectivity index (χ2n) is 6.90. The Morgan fingerprint density at radius 2 is 1.57 bits per heavy atom. The Bertz CT molecular complexity index is 1320. The number of fused-ring (bicyclic) bond motifs is 1. The standard InChI is InChI=1S/C22H17FN2O4S/c23-30(28,29)17-12-10-15(11-13-17)19(14-25(26)27)21-18-8-4-5-9-20(18)24-22(21)16-6-2-1-3-7-16/h1-13,19,24H,14H2. The van der Waals surface area contributed by atoms with Gasteiger partial charge in [0.15, 0.2) is 0 Å². The SMILES string of the molecule is O=[N+]([O-])CC(c1ccc(S(=O)(=O)F)cc1)c1c(-c2ccccc2)[nH]c2ccccc12. The van der Waals surface area contributed by atoms with E-state index in [0.29, 0.717) is 5.56 Å². The number of H-pyrrole nitrogens is 1. The van der Waals surface area contributed by atoms with Gasteiger partial charge in [0.05, 0.1) is 16.5 Å². The van der Waals surface area contributed by atoms with Crippen LogP contribution >= 0.6 is 0 Å². The Kier molecular flexibility index (Phi) is 5.09. The molecule has 0 aliphatic carbocycles. The van der Waals surface area contributed by atoms with Crippen molar-refractivity contribution in [1.29, 1.82) is 0 Å². The van der Waals surface area contributed by atoms with Crippen molar-refractivity contribution < 1.29 is 17.2 Å². The maximum atomic E-state index is 13.3. The molecule has 1 heterocycles. The molecule has 0 radical (unpaired) electrons.